The average molecular weight is 316 g/mol. The van der Waals surface area contributed by atoms with Gasteiger partial charge >= 0.3 is 5.97 Å². The number of carboxylic acids is 1. The average Bonchev–Trinajstić information content (AvgIpc) is 2.56. The van der Waals surface area contributed by atoms with E-state index < -0.39 is 12.1 Å². The van der Waals surface area contributed by atoms with Crippen molar-refractivity contribution in [3.8, 4) is 17.2 Å². The van der Waals surface area contributed by atoms with Crippen molar-refractivity contribution >= 4 is 5.97 Å². The van der Waals surface area contributed by atoms with Crippen LogP contribution < -0.4 is 14.2 Å². The smallest absolute Gasteiger partial charge is 0.345 e. The van der Waals surface area contributed by atoms with Gasteiger partial charge in [-0.25, -0.2) is 4.79 Å². The molecule has 0 amide bonds. The summed E-state index contributed by atoms with van der Waals surface area (Å²) in [7, 11) is 1.55. The quantitative estimate of drug-likeness (QED) is 0.810. The molecule has 23 heavy (non-hydrogen) atoms. The number of rotatable bonds is 8. The van der Waals surface area contributed by atoms with Crippen LogP contribution in [0.2, 0.25) is 0 Å². The molecule has 0 fully saturated rings. The lowest BCUT2D eigenvalue weighted by Gasteiger charge is -2.17. The fraction of sp³-hybridized carbons (Fsp3) is 0.278. The maximum absolute atomic E-state index is 11.5. The first-order chi connectivity index (χ1) is 11.1. The number of hydrogen-bond donors (Lipinski definition) is 1. The number of aliphatic carboxylic acids is 1. The molecule has 122 valence electrons. The summed E-state index contributed by atoms with van der Waals surface area (Å²) in [4.78, 5) is 11.5. The second-order valence-electron chi connectivity index (χ2n) is 4.87. The zero-order chi connectivity index (χ0) is 16.7. The van der Waals surface area contributed by atoms with Crippen molar-refractivity contribution in [1.29, 1.82) is 0 Å². The van der Waals surface area contributed by atoms with Gasteiger partial charge in [-0.1, -0.05) is 24.3 Å². The summed E-state index contributed by atoms with van der Waals surface area (Å²) in [5.41, 5.74) is 0.796. The number of hydrogen-bond acceptors (Lipinski definition) is 4. The van der Waals surface area contributed by atoms with Crippen LogP contribution in [0.5, 0.6) is 17.2 Å². The molecule has 2 aromatic rings. The predicted molar refractivity (Wildman–Crippen MR) is 86.4 cm³/mol. The van der Waals surface area contributed by atoms with Crippen LogP contribution in [0, 0.1) is 0 Å². The van der Waals surface area contributed by atoms with Gasteiger partial charge in [0.15, 0.2) is 6.10 Å². The highest BCUT2D eigenvalue weighted by Gasteiger charge is 2.22. The van der Waals surface area contributed by atoms with Crippen molar-refractivity contribution in [2.24, 2.45) is 0 Å². The number of methoxy groups -OCH3 is 1. The van der Waals surface area contributed by atoms with Crippen LogP contribution in [0.4, 0.5) is 0 Å². The molecule has 5 nitrogen and oxygen atoms in total. The highest BCUT2D eigenvalue weighted by Crippen LogP contribution is 2.24. The van der Waals surface area contributed by atoms with Crippen LogP contribution in [-0.2, 0) is 11.2 Å². The molecule has 1 atom stereocenters. The van der Waals surface area contributed by atoms with Gasteiger partial charge in [-0.2, -0.15) is 0 Å². The van der Waals surface area contributed by atoms with E-state index in [4.69, 9.17) is 14.2 Å². The minimum atomic E-state index is -1.03. The van der Waals surface area contributed by atoms with Crippen molar-refractivity contribution in [2.75, 3.05) is 13.7 Å². The summed E-state index contributed by atoms with van der Waals surface area (Å²) >= 11 is 0. The molecule has 2 aromatic carbocycles. The van der Waals surface area contributed by atoms with Crippen molar-refractivity contribution in [2.45, 2.75) is 19.4 Å². The Morgan fingerprint density at radius 1 is 1.13 bits per heavy atom. The van der Waals surface area contributed by atoms with E-state index in [1.807, 2.05) is 31.2 Å². The Bertz CT molecular complexity index is 653. The summed E-state index contributed by atoms with van der Waals surface area (Å²) in [5.74, 6) is 0.710. The Hall–Kier alpha value is -2.69. The molecule has 0 saturated carbocycles. The molecular weight excluding hydrogens is 296 g/mol. The Kier molecular flexibility index (Phi) is 5.86. The molecule has 0 heterocycles. The molecule has 0 unspecified atom stereocenters. The molecule has 0 bridgehead atoms. The third-order valence-electron chi connectivity index (χ3n) is 3.27. The number of benzene rings is 2. The lowest BCUT2D eigenvalue weighted by molar-refractivity contribution is -0.145. The van der Waals surface area contributed by atoms with E-state index in [9.17, 15) is 9.90 Å². The summed E-state index contributed by atoms with van der Waals surface area (Å²) in [6, 6.07) is 14.3. The van der Waals surface area contributed by atoms with E-state index in [1.165, 1.54) is 0 Å². The zero-order valence-corrected chi connectivity index (χ0v) is 13.2. The number of ether oxygens (including phenoxy) is 3. The summed E-state index contributed by atoms with van der Waals surface area (Å²) in [5, 5.41) is 9.45. The fourth-order valence-corrected chi connectivity index (χ4v) is 2.19. The lowest BCUT2D eigenvalue weighted by Crippen LogP contribution is -2.29. The Labute approximate surface area is 135 Å². The molecule has 1 N–H and O–H groups in total. The molecule has 5 heteroatoms. The normalized spacial score (nSPS) is 11.6. The number of carbonyl (C=O) groups is 1. The number of carboxylic acid groups (broad SMARTS) is 1. The molecule has 0 saturated heterocycles. The third kappa shape index (κ3) is 4.64. The highest BCUT2D eigenvalue weighted by molar-refractivity contribution is 5.73. The zero-order valence-electron chi connectivity index (χ0n) is 13.2. The Morgan fingerprint density at radius 2 is 1.87 bits per heavy atom. The summed E-state index contributed by atoms with van der Waals surface area (Å²) in [6.45, 7) is 2.41. The first-order valence-corrected chi connectivity index (χ1v) is 7.38. The van der Waals surface area contributed by atoms with Gasteiger partial charge in [0.2, 0.25) is 0 Å². The van der Waals surface area contributed by atoms with Gasteiger partial charge in [-0.05, 0) is 30.7 Å². The van der Waals surface area contributed by atoms with Crippen LogP contribution in [0.15, 0.2) is 48.5 Å². The molecular formula is C18H20O5. The van der Waals surface area contributed by atoms with Crippen LogP contribution in [0.3, 0.4) is 0 Å². The van der Waals surface area contributed by atoms with E-state index in [0.29, 0.717) is 23.9 Å². The predicted octanol–water partition coefficient (Wildman–Crippen LogP) is 3.17. The van der Waals surface area contributed by atoms with Crippen molar-refractivity contribution < 1.29 is 24.1 Å². The summed E-state index contributed by atoms with van der Waals surface area (Å²) in [6.07, 6.45) is -0.799. The van der Waals surface area contributed by atoms with E-state index in [2.05, 4.69) is 0 Å². The molecule has 0 spiro atoms. The molecule has 0 aliphatic rings. The third-order valence-corrected chi connectivity index (χ3v) is 3.27. The van der Waals surface area contributed by atoms with E-state index in [0.717, 1.165) is 5.56 Å². The van der Waals surface area contributed by atoms with Gasteiger partial charge < -0.3 is 19.3 Å². The molecule has 0 aromatic heterocycles. The van der Waals surface area contributed by atoms with Gasteiger partial charge in [0, 0.05) is 12.5 Å². The van der Waals surface area contributed by atoms with Gasteiger partial charge in [-0.15, -0.1) is 0 Å². The van der Waals surface area contributed by atoms with Crippen LogP contribution in [0.25, 0.3) is 0 Å². The Balaban J connectivity index is 2.17. The maximum Gasteiger partial charge on any atom is 0.345 e. The molecule has 2 rings (SSSR count). The van der Waals surface area contributed by atoms with E-state index in [1.54, 1.807) is 31.4 Å². The van der Waals surface area contributed by atoms with Crippen LogP contribution in [-0.4, -0.2) is 30.9 Å². The van der Waals surface area contributed by atoms with Crippen LogP contribution in [0.1, 0.15) is 12.5 Å². The SMILES string of the molecule is CCOc1ccccc1C[C@@H](Oc1cccc(OC)c1)C(=O)O. The molecule has 0 radical (unpaired) electrons. The molecule has 0 aliphatic heterocycles. The monoisotopic (exact) mass is 316 g/mol. The summed E-state index contributed by atoms with van der Waals surface area (Å²) < 4.78 is 16.3. The molecule has 0 aliphatic carbocycles. The van der Waals surface area contributed by atoms with E-state index in [-0.39, 0.29) is 6.42 Å². The lowest BCUT2D eigenvalue weighted by atomic mass is 10.1. The Morgan fingerprint density at radius 3 is 2.57 bits per heavy atom. The first kappa shape index (κ1) is 16.7. The van der Waals surface area contributed by atoms with Crippen molar-refractivity contribution in [1.82, 2.24) is 0 Å². The largest absolute Gasteiger partial charge is 0.497 e. The van der Waals surface area contributed by atoms with Gasteiger partial charge in [0.25, 0.3) is 0 Å². The van der Waals surface area contributed by atoms with Gasteiger partial charge in [0.05, 0.1) is 13.7 Å². The second-order valence-corrected chi connectivity index (χ2v) is 4.87. The van der Waals surface area contributed by atoms with Crippen molar-refractivity contribution in [3.05, 3.63) is 54.1 Å². The topological polar surface area (TPSA) is 65.0 Å². The fourth-order valence-electron chi connectivity index (χ4n) is 2.19. The second kappa shape index (κ2) is 8.08. The van der Waals surface area contributed by atoms with E-state index >= 15 is 0 Å². The minimum Gasteiger partial charge on any atom is -0.497 e. The van der Waals surface area contributed by atoms with Crippen LogP contribution >= 0.6 is 0 Å². The maximum atomic E-state index is 11.5. The number of para-hydroxylation sites is 1. The standard InChI is InChI=1S/C18H20O5/c1-3-22-16-10-5-4-7-13(16)11-17(18(19)20)23-15-9-6-8-14(12-15)21-2/h4-10,12,17H,3,11H2,1-2H3,(H,19,20)/t17-/m1/s1. The minimum absolute atomic E-state index is 0.211. The van der Waals surface area contributed by atoms with Gasteiger partial charge in [0.1, 0.15) is 17.2 Å². The van der Waals surface area contributed by atoms with Gasteiger partial charge in [-0.3, -0.25) is 0 Å². The van der Waals surface area contributed by atoms with Crippen molar-refractivity contribution in [3.63, 3.8) is 0 Å². The first-order valence-electron chi connectivity index (χ1n) is 7.38. The highest BCUT2D eigenvalue weighted by atomic mass is 16.5.